The van der Waals surface area contributed by atoms with Crippen LogP contribution in [-0.4, -0.2) is 21.7 Å². The van der Waals surface area contributed by atoms with Gasteiger partial charge in [-0.2, -0.15) is 0 Å². The molecule has 0 saturated heterocycles. The highest BCUT2D eigenvalue weighted by Gasteiger charge is 2.20. The van der Waals surface area contributed by atoms with Crippen molar-refractivity contribution in [2.75, 3.05) is 0 Å². The lowest BCUT2D eigenvalue weighted by Gasteiger charge is -2.16. The van der Waals surface area contributed by atoms with Crippen LogP contribution in [0.4, 0.5) is 0 Å². The van der Waals surface area contributed by atoms with E-state index in [0.717, 1.165) is 39.6 Å². The number of aliphatic carboxylic acids is 1. The van der Waals surface area contributed by atoms with E-state index in [2.05, 4.69) is 35.8 Å². The summed E-state index contributed by atoms with van der Waals surface area (Å²) >= 11 is 0. The molecule has 0 amide bonds. The van der Waals surface area contributed by atoms with E-state index in [0.29, 0.717) is 18.7 Å². The van der Waals surface area contributed by atoms with Crippen molar-refractivity contribution in [2.45, 2.75) is 26.0 Å². The van der Waals surface area contributed by atoms with Crippen molar-refractivity contribution >= 4 is 5.97 Å². The molecule has 1 heterocycles. The third-order valence-corrected chi connectivity index (χ3v) is 6.38. The molecule has 0 fully saturated rings. The topological polar surface area (TPSA) is 60.7 Å². The summed E-state index contributed by atoms with van der Waals surface area (Å²) in [5, 5.41) is 9.67. The summed E-state index contributed by atoms with van der Waals surface area (Å²) in [5.41, 5.74) is 5.29. The van der Waals surface area contributed by atoms with Crippen LogP contribution in [0.25, 0.3) is 11.3 Å². The van der Waals surface area contributed by atoms with Crippen LogP contribution < -0.4 is 9.47 Å². The number of hydrogen-bond donors (Lipinski definition) is 1. The quantitative estimate of drug-likeness (QED) is 0.216. The number of aryl methyl sites for hydroxylation is 1. The first-order chi connectivity index (χ1) is 18.5. The number of carbonyl (C=O) groups is 1. The van der Waals surface area contributed by atoms with Gasteiger partial charge in [0.2, 0.25) is 0 Å². The monoisotopic (exact) mass is 503 g/mol. The first-order valence-electron chi connectivity index (χ1n) is 12.6. The van der Waals surface area contributed by atoms with Crippen molar-refractivity contribution in [3.8, 4) is 28.5 Å². The molecule has 0 aliphatic heterocycles. The molecule has 1 aromatic heterocycles. The number of nitrogens with zero attached hydrogens (tertiary/aromatic N) is 1. The Hall–Kier alpha value is -4.77. The Morgan fingerprint density at radius 2 is 1.39 bits per heavy atom. The molecule has 190 valence electrons. The molecule has 1 N–H and O–H groups in total. The molecule has 5 aromatic rings. The van der Waals surface area contributed by atoms with E-state index in [1.54, 1.807) is 0 Å². The number of para-hydroxylation sites is 1. The first-order valence-corrected chi connectivity index (χ1v) is 12.6. The van der Waals surface area contributed by atoms with Crippen molar-refractivity contribution in [1.82, 2.24) is 4.57 Å². The fourth-order valence-corrected chi connectivity index (χ4v) is 4.42. The van der Waals surface area contributed by atoms with Crippen LogP contribution in [0.2, 0.25) is 0 Å². The summed E-state index contributed by atoms with van der Waals surface area (Å²) < 4.78 is 14.1. The molecule has 4 aromatic carbocycles. The van der Waals surface area contributed by atoms with Gasteiger partial charge in [0.15, 0.2) is 6.10 Å². The van der Waals surface area contributed by atoms with Crippen LogP contribution in [-0.2, 0) is 17.8 Å². The minimum atomic E-state index is -0.985. The molecule has 0 aliphatic carbocycles. The summed E-state index contributed by atoms with van der Waals surface area (Å²) in [6.07, 6.45) is -0.660. The normalized spacial score (nSPS) is 11.6. The summed E-state index contributed by atoms with van der Waals surface area (Å²) in [6, 6.07) is 39.2. The molecule has 1 atom stereocenters. The molecule has 0 saturated carbocycles. The lowest BCUT2D eigenvalue weighted by Crippen LogP contribution is -2.29. The Balaban J connectivity index is 1.31. The highest BCUT2D eigenvalue weighted by Crippen LogP contribution is 2.28. The number of hydrogen-bond acceptors (Lipinski definition) is 3. The van der Waals surface area contributed by atoms with Gasteiger partial charge in [-0.1, -0.05) is 60.7 Å². The van der Waals surface area contributed by atoms with E-state index >= 15 is 0 Å². The van der Waals surface area contributed by atoms with Crippen molar-refractivity contribution in [3.05, 3.63) is 138 Å². The zero-order chi connectivity index (χ0) is 26.3. The van der Waals surface area contributed by atoms with E-state index in [1.807, 2.05) is 97.1 Å². The maximum Gasteiger partial charge on any atom is 0.345 e. The van der Waals surface area contributed by atoms with E-state index < -0.39 is 12.1 Å². The van der Waals surface area contributed by atoms with Crippen LogP contribution in [0.15, 0.2) is 121 Å². The molecule has 0 spiro atoms. The summed E-state index contributed by atoms with van der Waals surface area (Å²) in [6.45, 7) is 2.78. The molecule has 0 bridgehead atoms. The smallest absolute Gasteiger partial charge is 0.345 e. The molecular formula is C33H29NO4. The average Bonchev–Trinajstić information content (AvgIpc) is 3.29. The van der Waals surface area contributed by atoms with Crippen molar-refractivity contribution in [2.24, 2.45) is 0 Å². The van der Waals surface area contributed by atoms with Gasteiger partial charge in [0.1, 0.15) is 17.2 Å². The van der Waals surface area contributed by atoms with Crippen LogP contribution in [0, 0.1) is 6.92 Å². The van der Waals surface area contributed by atoms with Crippen LogP contribution in [0.1, 0.15) is 16.8 Å². The summed E-state index contributed by atoms with van der Waals surface area (Å²) in [5.74, 6) is 1.14. The Morgan fingerprint density at radius 3 is 2.11 bits per heavy atom. The minimum Gasteiger partial charge on any atom is -0.478 e. The van der Waals surface area contributed by atoms with Crippen molar-refractivity contribution < 1.29 is 19.4 Å². The third-order valence-electron chi connectivity index (χ3n) is 6.38. The van der Waals surface area contributed by atoms with Gasteiger partial charge in [-0.3, -0.25) is 0 Å². The molecule has 5 heteroatoms. The second-order valence-electron chi connectivity index (χ2n) is 9.17. The lowest BCUT2D eigenvalue weighted by molar-refractivity contribution is -0.145. The van der Waals surface area contributed by atoms with Gasteiger partial charge in [0.25, 0.3) is 0 Å². The van der Waals surface area contributed by atoms with E-state index in [-0.39, 0.29) is 0 Å². The predicted molar refractivity (Wildman–Crippen MR) is 149 cm³/mol. The van der Waals surface area contributed by atoms with Crippen molar-refractivity contribution in [3.63, 3.8) is 0 Å². The number of carboxylic acids is 1. The van der Waals surface area contributed by atoms with Gasteiger partial charge in [-0.25, -0.2) is 4.79 Å². The second-order valence-corrected chi connectivity index (χ2v) is 9.17. The number of rotatable bonds is 10. The van der Waals surface area contributed by atoms with Crippen molar-refractivity contribution in [1.29, 1.82) is 0 Å². The van der Waals surface area contributed by atoms with Gasteiger partial charge < -0.3 is 19.1 Å². The standard InChI is InChI=1S/C33H29NO4/c1-24-15-20-31(34(24)23-26-11-8-14-30(21-26)37-28-12-6-3-7-13-28)27-16-18-29(19-17-27)38-32(33(35)36)22-25-9-4-2-5-10-25/h2-21,32H,22-23H2,1H3,(H,35,36)/t32-/m1/s1. The zero-order valence-electron chi connectivity index (χ0n) is 21.2. The molecule has 5 rings (SSSR count). The molecule has 0 radical (unpaired) electrons. The Bertz CT molecular complexity index is 1490. The van der Waals surface area contributed by atoms with Crippen LogP contribution in [0.5, 0.6) is 17.2 Å². The number of benzene rings is 4. The van der Waals surface area contributed by atoms with Gasteiger partial charge in [0, 0.05) is 24.4 Å². The SMILES string of the molecule is Cc1ccc(-c2ccc(O[C@H](Cc3ccccc3)C(=O)O)cc2)n1Cc1cccc(Oc2ccccc2)c1. The molecule has 0 unspecified atom stereocenters. The van der Waals surface area contributed by atoms with Gasteiger partial charge in [0.05, 0.1) is 0 Å². The number of aromatic nitrogens is 1. The van der Waals surface area contributed by atoms with Crippen LogP contribution >= 0.6 is 0 Å². The highest BCUT2D eigenvalue weighted by molar-refractivity contribution is 5.73. The predicted octanol–water partition coefficient (Wildman–Crippen LogP) is 7.38. The first kappa shape index (κ1) is 24.9. The number of carboxylic acid groups (broad SMARTS) is 1. The molecular weight excluding hydrogens is 474 g/mol. The van der Waals surface area contributed by atoms with E-state index in [4.69, 9.17) is 9.47 Å². The largest absolute Gasteiger partial charge is 0.478 e. The Labute approximate surface area is 222 Å². The average molecular weight is 504 g/mol. The fourth-order valence-electron chi connectivity index (χ4n) is 4.42. The molecule has 0 aliphatic rings. The van der Waals surface area contributed by atoms with E-state index in [9.17, 15) is 9.90 Å². The summed E-state index contributed by atoms with van der Waals surface area (Å²) in [7, 11) is 0. The minimum absolute atomic E-state index is 0.299. The third kappa shape index (κ3) is 6.13. The van der Waals surface area contributed by atoms with Gasteiger partial charge in [-0.15, -0.1) is 0 Å². The maximum absolute atomic E-state index is 11.8. The number of ether oxygens (including phenoxy) is 2. The maximum atomic E-state index is 11.8. The Morgan fingerprint density at radius 1 is 0.737 bits per heavy atom. The van der Waals surface area contributed by atoms with Gasteiger partial charge in [-0.05, 0) is 84.3 Å². The summed E-state index contributed by atoms with van der Waals surface area (Å²) in [4.78, 5) is 11.8. The second kappa shape index (κ2) is 11.5. The fraction of sp³-hybridized carbons (Fsp3) is 0.121. The molecule has 5 nitrogen and oxygen atoms in total. The van der Waals surface area contributed by atoms with Crippen LogP contribution in [0.3, 0.4) is 0 Å². The highest BCUT2D eigenvalue weighted by atomic mass is 16.5. The zero-order valence-corrected chi connectivity index (χ0v) is 21.2. The molecule has 38 heavy (non-hydrogen) atoms. The lowest BCUT2D eigenvalue weighted by atomic mass is 10.1. The van der Waals surface area contributed by atoms with Gasteiger partial charge >= 0.3 is 5.97 Å². The van der Waals surface area contributed by atoms with E-state index in [1.165, 1.54) is 0 Å². The Kier molecular flexibility index (Phi) is 7.55.